The molecule has 0 aliphatic heterocycles. The molecule has 3 rings (SSSR count). The zero-order valence-electron chi connectivity index (χ0n) is 13.1. The van der Waals surface area contributed by atoms with Crippen LogP contribution in [-0.2, 0) is 6.54 Å². The quantitative estimate of drug-likeness (QED) is 0.531. The zero-order valence-corrected chi connectivity index (χ0v) is 14.7. The number of pyridine rings is 1. The Balaban J connectivity index is 1.79. The van der Waals surface area contributed by atoms with Crippen molar-refractivity contribution in [2.24, 2.45) is 0 Å². The standard InChI is InChI=1S/C16H11ClN4O4S/c17-12-4-1-10(2-5-12)8-20-9-11(3-6-13(20)22)15(23)19-16-18-7-14(26-16)21(24)25/h1-7,9H,8H2,(H,18,19,23). The van der Waals surface area contributed by atoms with Gasteiger partial charge >= 0.3 is 5.00 Å². The van der Waals surface area contributed by atoms with Crippen molar-refractivity contribution in [1.82, 2.24) is 9.55 Å². The van der Waals surface area contributed by atoms with E-state index in [0.717, 1.165) is 23.1 Å². The van der Waals surface area contributed by atoms with Gasteiger partial charge in [-0.15, -0.1) is 0 Å². The van der Waals surface area contributed by atoms with Crippen molar-refractivity contribution in [3.63, 3.8) is 0 Å². The molecule has 1 aromatic carbocycles. The van der Waals surface area contributed by atoms with Gasteiger partial charge in [0.2, 0.25) is 0 Å². The lowest BCUT2D eigenvalue weighted by molar-refractivity contribution is -0.380. The maximum absolute atomic E-state index is 12.3. The molecule has 132 valence electrons. The van der Waals surface area contributed by atoms with Crippen LogP contribution in [0.3, 0.4) is 0 Å². The summed E-state index contributed by atoms with van der Waals surface area (Å²) in [5.41, 5.74) is 0.822. The van der Waals surface area contributed by atoms with Crippen LogP contribution in [0.25, 0.3) is 0 Å². The smallest absolute Gasteiger partial charge is 0.310 e. The molecule has 0 aliphatic rings. The summed E-state index contributed by atoms with van der Waals surface area (Å²) < 4.78 is 1.39. The van der Waals surface area contributed by atoms with Crippen LogP contribution < -0.4 is 10.9 Å². The summed E-state index contributed by atoms with van der Waals surface area (Å²) in [6.07, 6.45) is 2.50. The first-order valence-electron chi connectivity index (χ1n) is 7.29. The molecule has 0 bridgehead atoms. The number of nitrogens with zero attached hydrogens (tertiary/aromatic N) is 3. The van der Waals surface area contributed by atoms with E-state index in [0.29, 0.717) is 5.02 Å². The molecular formula is C16H11ClN4O4S. The highest BCUT2D eigenvalue weighted by atomic mass is 35.5. The largest absolute Gasteiger partial charge is 0.345 e. The van der Waals surface area contributed by atoms with Crippen molar-refractivity contribution in [2.75, 3.05) is 5.32 Å². The molecule has 0 unspecified atom stereocenters. The second-order valence-corrected chi connectivity index (χ2v) is 6.67. The number of hydrogen-bond donors (Lipinski definition) is 1. The molecule has 3 aromatic rings. The molecule has 0 radical (unpaired) electrons. The maximum atomic E-state index is 12.3. The number of nitrogens with one attached hydrogen (secondary N) is 1. The molecule has 10 heteroatoms. The molecule has 0 saturated carbocycles. The second kappa shape index (κ2) is 7.46. The third kappa shape index (κ3) is 4.13. The number of benzene rings is 1. The van der Waals surface area contributed by atoms with E-state index < -0.39 is 10.8 Å². The Morgan fingerprint density at radius 1 is 1.27 bits per heavy atom. The topological polar surface area (TPSA) is 107 Å². The minimum absolute atomic E-state index is 0.108. The van der Waals surface area contributed by atoms with Gasteiger partial charge in [0, 0.05) is 17.3 Å². The van der Waals surface area contributed by atoms with Gasteiger partial charge in [-0.05, 0) is 35.1 Å². The van der Waals surface area contributed by atoms with Crippen molar-refractivity contribution in [3.05, 3.63) is 85.4 Å². The number of amides is 1. The Hall–Kier alpha value is -3.04. The molecule has 0 aliphatic carbocycles. The fraction of sp³-hybridized carbons (Fsp3) is 0.0625. The maximum Gasteiger partial charge on any atom is 0.345 e. The van der Waals surface area contributed by atoms with Gasteiger partial charge in [0.25, 0.3) is 11.5 Å². The van der Waals surface area contributed by atoms with Gasteiger partial charge in [-0.3, -0.25) is 25.0 Å². The highest BCUT2D eigenvalue weighted by Gasteiger charge is 2.15. The van der Waals surface area contributed by atoms with Gasteiger partial charge in [-0.25, -0.2) is 4.98 Å². The predicted molar refractivity (Wildman–Crippen MR) is 98.0 cm³/mol. The number of hydrogen-bond acceptors (Lipinski definition) is 6. The lowest BCUT2D eigenvalue weighted by Gasteiger charge is -2.08. The van der Waals surface area contributed by atoms with Crippen molar-refractivity contribution < 1.29 is 9.72 Å². The van der Waals surface area contributed by atoms with Gasteiger partial charge < -0.3 is 4.57 Å². The van der Waals surface area contributed by atoms with E-state index in [4.69, 9.17) is 11.6 Å². The summed E-state index contributed by atoms with van der Waals surface area (Å²) in [5, 5.41) is 13.7. The number of carbonyl (C=O) groups excluding carboxylic acids is 1. The van der Waals surface area contributed by atoms with Crippen LogP contribution in [0.5, 0.6) is 0 Å². The summed E-state index contributed by atoms with van der Waals surface area (Å²) in [6.45, 7) is 0.278. The van der Waals surface area contributed by atoms with Crippen LogP contribution >= 0.6 is 22.9 Å². The third-order valence-corrected chi connectivity index (χ3v) is 4.52. The van der Waals surface area contributed by atoms with E-state index in [1.807, 2.05) is 0 Å². The number of anilines is 1. The summed E-state index contributed by atoms with van der Waals surface area (Å²) in [6, 6.07) is 9.68. The Morgan fingerprint density at radius 2 is 2.00 bits per heavy atom. The van der Waals surface area contributed by atoms with Gasteiger partial charge in [0.05, 0.1) is 17.0 Å². The lowest BCUT2D eigenvalue weighted by atomic mass is 10.2. The fourth-order valence-corrected chi connectivity index (χ4v) is 2.91. The van der Waals surface area contributed by atoms with E-state index in [-0.39, 0.29) is 27.8 Å². The Labute approximate surface area is 155 Å². The van der Waals surface area contributed by atoms with Crippen LogP contribution in [0.1, 0.15) is 15.9 Å². The Morgan fingerprint density at radius 3 is 2.65 bits per heavy atom. The molecular weight excluding hydrogens is 380 g/mol. The SMILES string of the molecule is O=C(Nc1ncc([N+](=O)[O-])s1)c1ccc(=O)n(Cc2ccc(Cl)cc2)c1. The molecule has 0 spiro atoms. The molecule has 2 heterocycles. The highest BCUT2D eigenvalue weighted by Crippen LogP contribution is 2.25. The number of carbonyl (C=O) groups is 1. The number of thiazole rings is 1. The van der Waals surface area contributed by atoms with E-state index in [9.17, 15) is 19.7 Å². The van der Waals surface area contributed by atoms with Gasteiger partial charge in [0.1, 0.15) is 6.20 Å². The molecule has 0 atom stereocenters. The molecule has 1 amide bonds. The van der Waals surface area contributed by atoms with Gasteiger partial charge in [-0.2, -0.15) is 0 Å². The predicted octanol–water partition coefficient (Wildman–Crippen LogP) is 3.17. The first-order valence-corrected chi connectivity index (χ1v) is 8.48. The summed E-state index contributed by atoms with van der Waals surface area (Å²) in [5.74, 6) is -0.515. The van der Waals surface area contributed by atoms with Crippen LogP contribution in [-0.4, -0.2) is 20.4 Å². The molecule has 26 heavy (non-hydrogen) atoms. The third-order valence-electron chi connectivity index (χ3n) is 3.41. The first kappa shape index (κ1) is 17.8. The van der Waals surface area contributed by atoms with E-state index in [1.54, 1.807) is 24.3 Å². The van der Waals surface area contributed by atoms with E-state index in [2.05, 4.69) is 10.3 Å². The molecule has 1 N–H and O–H groups in total. The van der Waals surface area contributed by atoms with Gasteiger partial charge in [0.15, 0.2) is 5.13 Å². The van der Waals surface area contributed by atoms with Crippen LogP contribution in [0.2, 0.25) is 5.02 Å². The Bertz CT molecular complexity index is 1030. The van der Waals surface area contributed by atoms with Crippen molar-refractivity contribution >= 4 is 39.0 Å². The summed E-state index contributed by atoms with van der Waals surface area (Å²) in [4.78, 5) is 38.2. The monoisotopic (exact) mass is 390 g/mol. The minimum atomic E-state index is -0.584. The normalized spacial score (nSPS) is 10.5. The molecule has 0 saturated heterocycles. The fourth-order valence-electron chi connectivity index (χ4n) is 2.15. The van der Waals surface area contributed by atoms with Crippen molar-refractivity contribution in [2.45, 2.75) is 6.54 Å². The van der Waals surface area contributed by atoms with Crippen LogP contribution in [0, 0.1) is 10.1 Å². The van der Waals surface area contributed by atoms with Crippen LogP contribution in [0.4, 0.5) is 10.1 Å². The zero-order chi connectivity index (χ0) is 18.7. The molecule has 0 fully saturated rings. The lowest BCUT2D eigenvalue weighted by Crippen LogP contribution is -2.22. The number of aromatic nitrogens is 2. The highest BCUT2D eigenvalue weighted by molar-refractivity contribution is 7.18. The Kier molecular flexibility index (Phi) is 5.10. The van der Waals surface area contributed by atoms with Crippen molar-refractivity contribution in [1.29, 1.82) is 0 Å². The van der Waals surface area contributed by atoms with Crippen molar-refractivity contribution in [3.8, 4) is 0 Å². The van der Waals surface area contributed by atoms with Crippen LogP contribution in [0.15, 0.2) is 53.6 Å². The number of halogens is 1. The average Bonchev–Trinajstić information content (AvgIpc) is 3.07. The van der Waals surface area contributed by atoms with E-state index in [1.165, 1.54) is 22.9 Å². The number of nitro groups is 1. The minimum Gasteiger partial charge on any atom is -0.310 e. The first-order chi connectivity index (χ1) is 12.4. The van der Waals surface area contributed by atoms with Gasteiger partial charge in [-0.1, -0.05) is 23.7 Å². The average molecular weight is 391 g/mol. The summed E-state index contributed by atoms with van der Waals surface area (Å²) >= 11 is 6.59. The summed E-state index contributed by atoms with van der Waals surface area (Å²) in [7, 11) is 0. The second-order valence-electron chi connectivity index (χ2n) is 5.23. The number of rotatable bonds is 5. The molecule has 8 nitrogen and oxygen atoms in total. The van der Waals surface area contributed by atoms with E-state index >= 15 is 0 Å². The molecule has 2 aromatic heterocycles.